The Morgan fingerprint density at radius 2 is 1.11 bits per heavy atom. The molecule has 5 saturated carbocycles. The topological polar surface area (TPSA) is 26.3 Å². The fraction of sp³-hybridized carbons (Fsp3) is 0.942. The average molecular weight is 749 g/mol. The van der Waals surface area contributed by atoms with Crippen LogP contribution in [0.1, 0.15) is 248 Å². The van der Waals surface area contributed by atoms with Gasteiger partial charge in [0.25, 0.3) is 0 Å². The fourth-order valence-electron chi connectivity index (χ4n) is 15.2. The molecule has 5 aliphatic carbocycles. The highest BCUT2D eigenvalue weighted by atomic mass is 16.5. The van der Waals surface area contributed by atoms with E-state index in [2.05, 4.69) is 62.0 Å². The molecule has 0 radical (unpaired) electrons. The average Bonchev–Trinajstić information content (AvgIpc) is 3.48. The van der Waals surface area contributed by atoms with Crippen molar-refractivity contribution in [3.8, 4) is 0 Å². The van der Waals surface area contributed by atoms with E-state index >= 15 is 0 Å². The number of carbonyl (C=O) groups excluding carboxylic acids is 1. The molecule has 0 amide bonds. The lowest BCUT2D eigenvalue weighted by Crippen LogP contribution is -2.66. The highest BCUT2D eigenvalue weighted by Crippen LogP contribution is 2.77. The van der Waals surface area contributed by atoms with Crippen molar-refractivity contribution in [2.75, 3.05) is 0 Å². The number of carbonyl (C=O) groups is 1. The molecule has 2 heteroatoms. The number of hydrogen-bond donors (Lipinski definition) is 0. The SMILES string of the molecule is C=C(C)[C@@H]1CC[C@]2(C)CC[C@]3(C)[C@H](CC[C@H]4[C@@]5(C)CC[C@H](OC(=O)CCCCCCCCCCCCCCCCCCCCC)C(C)(C)[C@H]5CC[C@]43C)[C@@H]12. The molecule has 0 saturated heterocycles. The highest BCUT2D eigenvalue weighted by molar-refractivity contribution is 5.69. The first-order valence-corrected chi connectivity index (χ1v) is 24.6. The maximum Gasteiger partial charge on any atom is 0.306 e. The van der Waals surface area contributed by atoms with Gasteiger partial charge >= 0.3 is 5.97 Å². The van der Waals surface area contributed by atoms with Crippen LogP contribution in [0.2, 0.25) is 0 Å². The van der Waals surface area contributed by atoms with Gasteiger partial charge < -0.3 is 4.74 Å². The standard InChI is InChI=1S/C52H92O2/c1-10-11-12-13-14-15-16-17-18-19-20-21-22-23-24-25-26-27-28-29-46(53)54-45-34-36-50(7)43(48(45,4)5)33-37-52(9)44(50)31-30-42-47-41(40(2)3)32-35-49(47,6)38-39-51(42,52)8/h41-45,47H,2,10-39H2,1,3-9H3/t41-,42+,43+,44-,45-,47+,49+,50-,51+,52+/m0/s1. The van der Waals surface area contributed by atoms with Crippen molar-refractivity contribution < 1.29 is 9.53 Å². The van der Waals surface area contributed by atoms with Crippen LogP contribution in [-0.2, 0) is 9.53 Å². The predicted octanol–water partition coefficient (Wildman–Crippen LogP) is 16.4. The summed E-state index contributed by atoms with van der Waals surface area (Å²) in [5, 5.41) is 0. The third-order valence-corrected chi connectivity index (χ3v) is 18.7. The minimum atomic E-state index is 0.0386. The Morgan fingerprint density at radius 3 is 1.65 bits per heavy atom. The number of allylic oxidation sites excluding steroid dienone is 1. The molecule has 0 bridgehead atoms. The van der Waals surface area contributed by atoms with Crippen molar-refractivity contribution in [3.05, 3.63) is 12.2 Å². The van der Waals surface area contributed by atoms with E-state index < -0.39 is 0 Å². The molecule has 0 heterocycles. The van der Waals surface area contributed by atoms with Crippen LogP contribution in [0, 0.1) is 56.7 Å². The molecule has 312 valence electrons. The van der Waals surface area contributed by atoms with E-state index in [-0.39, 0.29) is 17.5 Å². The van der Waals surface area contributed by atoms with Gasteiger partial charge in [0.1, 0.15) is 6.10 Å². The second-order valence-corrected chi connectivity index (χ2v) is 22.3. The summed E-state index contributed by atoms with van der Waals surface area (Å²) in [5.74, 6) is 3.89. The largest absolute Gasteiger partial charge is 0.462 e. The first-order valence-electron chi connectivity index (χ1n) is 24.6. The molecule has 5 aliphatic rings. The van der Waals surface area contributed by atoms with Crippen molar-refractivity contribution in [2.45, 2.75) is 254 Å². The van der Waals surface area contributed by atoms with Gasteiger partial charge in [-0.25, -0.2) is 0 Å². The summed E-state index contributed by atoms with van der Waals surface area (Å²) in [6.07, 6.45) is 40.3. The maximum atomic E-state index is 13.3. The van der Waals surface area contributed by atoms with Gasteiger partial charge in [0.05, 0.1) is 0 Å². The van der Waals surface area contributed by atoms with E-state index in [0.29, 0.717) is 34.0 Å². The molecule has 5 rings (SSSR count). The molecule has 10 atom stereocenters. The zero-order valence-electron chi connectivity index (χ0n) is 37.7. The van der Waals surface area contributed by atoms with Crippen LogP contribution >= 0.6 is 0 Å². The Balaban J connectivity index is 0.982. The first-order chi connectivity index (χ1) is 25.7. The lowest BCUT2D eigenvalue weighted by Gasteiger charge is -2.73. The van der Waals surface area contributed by atoms with Gasteiger partial charge in [-0.15, -0.1) is 0 Å². The van der Waals surface area contributed by atoms with E-state index in [0.717, 1.165) is 36.5 Å². The molecule has 0 aromatic heterocycles. The number of rotatable bonds is 22. The van der Waals surface area contributed by atoms with Gasteiger partial charge in [-0.05, 0) is 129 Å². The Labute approximate surface area is 337 Å². The summed E-state index contributed by atoms with van der Waals surface area (Å²) in [4.78, 5) is 13.3. The normalized spacial score (nSPS) is 38.2. The van der Waals surface area contributed by atoms with Gasteiger partial charge in [0, 0.05) is 11.8 Å². The van der Waals surface area contributed by atoms with Crippen molar-refractivity contribution in [1.82, 2.24) is 0 Å². The predicted molar refractivity (Wildman–Crippen MR) is 233 cm³/mol. The van der Waals surface area contributed by atoms with E-state index in [1.165, 1.54) is 179 Å². The van der Waals surface area contributed by atoms with Crippen LogP contribution in [0.3, 0.4) is 0 Å². The number of unbranched alkanes of at least 4 members (excludes halogenated alkanes) is 18. The van der Waals surface area contributed by atoms with E-state index in [9.17, 15) is 4.79 Å². The van der Waals surface area contributed by atoms with Crippen molar-refractivity contribution >= 4 is 5.97 Å². The lowest BCUT2D eigenvalue weighted by atomic mass is 9.32. The van der Waals surface area contributed by atoms with Gasteiger partial charge in [-0.2, -0.15) is 0 Å². The first kappa shape index (κ1) is 44.3. The Kier molecular flexibility index (Phi) is 15.8. The summed E-state index contributed by atoms with van der Waals surface area (Å²) >= 11 is 0. The summed E-state index contributed by atoms with van der Waals surface area (Å²) in [6.45, 7) is 25.0. The Morgan fingerprint density at radius 1 is 0.574 bits per heavy atom. The fourth-order valence-corrected chi connectivity index (χ4v) is 15.2. The number of ether oxygens (including phenoxy) is 1. The van der Waals surface area contributed by atoms with Crippen LogP contribution in [-0.4, -0.2) is 12.1 Å². The summed E-state index contributed by atoms with van der Waals surface area (Å²) < 4.78 is 6.45. The van der Waals surface area contributed by atoms with Gasteiger partial charge in [0.2, 0.25) is 0 Å². The number of fused-ring (bicyclic) bond motifs is 7. The third-order valence-electron chi connectivity index (χ3n) is 18.7. The van der Waals surface area contributed by atoms with Crippen LogP contribution in [0.25, 0.3) is 0 Å². The minimum Gasteiger partial charge on any atom is -0.462 e. The van der Waals surface area contributed by atoms with E-state index in [4.69, 9.17) is 4.74 Å². The molecular formula is C52H92O2. The van der Waals surface area contributed by atoms with Crippen LogP contribution in [0.15, 0.2) is 12.2 Å². The molecule has 0 aliphatic heterocycles. The smallest absolute Gasteiger partial charge is 0.306 e. The van der Waals surface area contributed by atoms with Crippen LogP contribution in [0.4, 0.5) is 0 Å². The molecule has 0 aromatic carbocycles. The van der Waals surface area contributed by atoms with E-state index in [1.807, 2.05) is 0 Å². The third kappa shape index (κ3) is 9.40. The van der Waals surface area contributed by atoms with E-state index in [1.54, 1.807) is 0 Å². The summed E-state index contributed by atoms with van der Waals surface area (Å²) in [7, 11) is 0. The van der Waals surface area contributed by atoms with Gasteiger partial charge in [-0.3, -0.25) is 4.79 Å². The quantitative estimate of drug-likeness (QED) is 0.0626. The molecular weight excluding hydrogens is 657 g/mol. The summed E-state index contributed by atoms with van der Waals surface area (Å²) in [6, 6.07) is 0. The zero-order chi connectivity index (χ0) is 39.0. The molecule has 0 aromatic rings. The Bertz CT molecular complexity index is 1180. The summed E-state index contributed by atoms with van der Waals surface area (Å²) in [5.41, 5.74) is 3.18. The Hall–Kier alpha value is -0.790. The number of esters is 1. The molecule has 2 nitrogen and oxygen atoms in total. The molecule has 0 unspecified atom stereocenters. The highest BCUT2D eigenvalue weighted by Gasteiger charge is 2.70. The van der Waals surface area contributed by atoms with Crippen LogP contribution in [0.5, 0.6) is 0 Å². The lowest BCUT2D eigenvalue weighted by molar-refractivity contribution is -0.249. The molecule has 0 spiro atoms. The van der Waals surface area contributed by atoms with Gasteiger partial charge in [-0.1, -0.05) is 176 Å². The van der Waals surface area contributed by atoms with Crippen molar-refractivity contribution in [1.29, 1.82) is 0 Å². The molecule has 5 fully saturated rings. The minimum absolute atomic E-state index is 0.0386. The second kappa shape index (κ2) is 19.3. The van der Waals surface area contributed by atoms with Gasteiger partial charge in [0.15, 0.2) is 0 Å². The molecule has 0 N–H and O–H groups in total. The van der Waals surface area contributed by atoms with Crippen molar-refractivity contribution in [2.24, 2.45) is 56.7 Å². The maximum absolute atomic E-state index is 13.3. The second-order valence-electron chi connectivity index (χ2n) is 22.3. The van der Waals surface area contributed by atoms with Crippen molar-refractivity contribution in [3.63, 3.8) is 0 Å². The van der Waals surface area contributed by atoms with Crippen LogP contribution < -0.4 is 0 Å². The zero-order valence-corrected chi connectivity index (χ0v) is 37.7. The molecule has 54 heavy (non-hydrogen) atoms. The number of hydrogen-bond acceptors (Lipinski definition) is 2. The monoisotopic (exact) mass is 749 g/mol.